The van der Waals surface area contributed by atoms with Gasteiger partial charge in [0, 0.05) is 37.1 Å². The summed E-state index contributed by atoms with van der Waals surface area (Å²) in [5.41, 5.74) is -0.405. The second-order valence-electron chi connectivity index (χ2n) is 8.04. The molecule has 1 atom stereocenters. The standard InChI is InChI=1S/C18H23F4N7O2S/c19-15(20)12-8-10-9-24-17(25-11-3-6-29(7-4-11)32(23,30)31)28-14(10)16(26-12)27-13-2-1-5-18(13,21)22/h8-9,11,13,15H,1-7H2,(H,26,27)(H2,23,30,31)(H,24,25,28)/t13-/m0/s1. The molecule has 4 N–H and O–H groups in total. The van der Waals surface area contributed by atoms with Crippen molar-refractivity contribution in [3.8, 4) is 0 Å². The van der Waals surface area contributed by atoms with Gasteiger partial charge in [0.15, 0.2) is 5.82 Å². The van der Waals surface area contributed by atoms with E-state index in [9.17, 15) is 26.0 Å². The van der Waals surface area contributed by atoms with Gasteiger partial charge in [-0.15, -0.1) is 0 Å². The second kappa shape index (κ2) is 8.56. The van der Waals surface area contributed by atoms with Gasteiger partial charge in [-0.25, -0.2) is 37.7 Å². The molecule has 2 fully saturated rings. The predicted molar refractivity (Wildman–Crippen MR) is 110 cm³/mol. The highest BCUT2D eigenvalue weighted by Crippen LogP contribution is 2.38. The highest BCUT2D eigenvalue weighted by atomic mass is 32.2. The van der Waals surface area contributed by atoms with E-state index in [2.05, 4.69) is 25.6 Å². The van der Waals surface area contributed by atoms with Gasteiger partial charge in [-0.2, -0.15) is 12.7 Å². The molecule has 0 bridgehead atoms. The Balaban J connectivity index is 1.59. The third kappa shape index (κ3) is 4.86. The summed E-state index contributed by atoms with van der Waals surface area (Å²) in [6.45, 7) is 0.458. The Bertz CT molecular complexity index is 1090. The summed E-state index contributed by atoms with van der Waals surface area (Å²) >= 11 is 0. The zero-order valence-electron chi connectivity index (χ0n) is 16.9. The predicted octanol–water partition coefficient (Wildman–Crippen LogP) is 2.64. The van der Waals surface area contributed by atoms with Crippen molar-refractivity contribution in [2.75, 3.05) is 23.7 Å². The normalized spacial score (nSPS) is 22.5. The number of hydrogen-bond acceptors (Lipinski definition) is 7. The Hall–Kier alpha value is -2.32. The van der Waals surface area contributed by atoms with Crippen molar-refractivity contribution in [3.63, 3.8) is 0 Å². The number of pyridine rings is 1. The summed E-state index contributed by atoms with van der Waals surface area (Å²) in [5.74, 6) is -2.95. The van der Waals surface area contributed by atoms with E-state index in [1.165, 1.54) is 10.5 Å². The molecule has 2 aliphatic rings. The summed E-state index contributed by atoms with van der Waals surface area (Å²) in [4.78, 5) is 12.3. The van der Waals surface area contributed by atoms with Crippen molar-refractivity contribution in [3.05, 3.63) is 18.0 Å². The molecule has 2 aromatic heterocycles. The molecule has 3 heterocycles. The third-order valence-corrected chi connectivity index (χ3v) is 6.86. The molecule has 0 spiro atoms. The van der Waals surface area contributed by atoms with Crippen LogP contribution < -0.4 is 15.8 Å². The Labute approximate surface area is 182 Å². The minimum atomic E-state index is -3.75. The van der Waals surface area contributed by atoms with Crippen LogP contribution in [0.2, 0.25) is 0 Å². The molecule has 9 nitrogen and oxygen atoms in total. The molecule has 2 aromatic rings. The maximum absolute atomic E-state index is 14.1. The lowest BCUT2D eigenvalue weighted by Crippen LogP contribution is -2.45. The van der Waals surface area contributed by atoms with Crippen LogP contribution in [0.15, 0.2) is 12.3 Å². The first-order valence-electron chi connectivity index (χ1n) is 10.2. The molecule has 1 aliphatic heterocycles. The van der Waals surface area contributed by atoms with E-state index in [0.717, 1.165) is 6.07 Å². The summed E-state index contributed by atoms with van der Waals surface area (Å²) < 4.78 is 78.9. The quantitative estimate of drug-likeness (QED) is 0.546. The summed E-state index contributed by atoms with van der Waals surface area (Å²) in [7, 11) is -3.75. The molecular weight excluding hydrogens is 454 g/mol. The van der Waals surface area contributed by atoms with Crippen molar-refractivity contribution >= 4 is 32.9 Å². The lowest BCUT2D eigenvalue weighted by Gasteiger charge is -2.30. The first kappa shape index (κ1) is 22.9. The van der Waals surface area contributed by atoms with Gasteiger partial charge < -0.3 is 10.6 Å². The van der Waals surface area contributed by atoms with E-state index < -0.39 is 34.3 Å². The van der Waals surface area contributed by atoms with Crippen LogP contribution in [0.1, 0.15) is 44.2 Å². The van der Waals surface area contributed by atoms with Gasteiger partial charge in [0.25, 0.3) is 22.6 Å². The van der Waals surface area contributed by atoms with Crippen LogP contribution in [0.5, 0.6) is 0 Å². The summed E-state index contributed by atoms with van der Waals surface area (Å²) in [5, 5.41) is 11.1. The topological polar surface area (TPSA) is 126 Å². The molecular formula is C18H23F4N7O2S. The summed E-state index contributed by atoms with van der Waals surface area (Å²) in [6, 6.07) is -0.235. The number of nitrogens with zero attached hydrogens (tertiary/aromatic N) is 4. The maximum Gasteiger partial charge on any atom is 0.280 e. The van der Waals surface area contributed by atoms with Gasteiger partial charge in [0.2, 0.25) is 5.95 Å². The largest absolute Gasteiger partial charge is 0.359 e. The van der Waals surface area contributed by atoms with E-state index in [4.69, 9.17) is 5.14 Å². The molecule has 1 saturated carbocycles. The number of nitrogens with one attached hydrogen (secondary N) is 2. The number of rotatable bonds is 6. The second-order valence-corrected chi connectivity index (χ2v) is 9.59. The minimum Gasteiger partial charge on any atom is -0.359 e. The van der Waals surface area contributed by atoms with E-state index in [1.807, 2.05) is 0 Å². The molecule has 0 radical (unpaired) electrons. The van der Waals surface area contributed by atoms with Crippen LogP contribution in [-0.4, -0.2) is 58.8 Å². The SMILES string of the molecule is NS(=O)(=O)N1CCC(Nc2ncc3cc(C(F)F)nc(N[C@H]4CCCC4(F)F)c3n2)CC1. The third-order valence-electron chi connectivity index (χ3n) is 5.78. The number of halogens is 4. The van der Waals surface area contributed by atoms with Gasteiger partial charge in [-0.3, -0.25) is 0 Å². The fraction of sp³-hybridized carbons (Fsp3) is 0.611. The monoisotopic (exact) mass is 477 g/mol. The molecule has 32 heavy (non-hydrogen) atoms. The fourth-order valence-corrected chi connectivity index (χ4v) is 4.77. The van der Waals surface area contributed by atoms with Crippen molar-refractivity contribution in [2.45, 2.75) is 56.5 Å². The van der Waals surface area contributed by atoms with Crippen molar-refractivity contribution in [1.29, 1.82) is 0 Å². The molecule has 0 amide bonds. The lowest BCUT2D eigenvalue weighted by molar-refractivity contribution is -0.000663. The van der Waals surface area contributed by atoms with Crippen molar-refractivity contribution in [1.82, 2.24) is 19.3 Å². The molecule has 0 aromatic carbocycles. The van der Waals surface area contributed by atoms with E-state index in [-0.39, 0.29) is 54.6 Å². The van der Waals surface area contributed by atoms with Gasteiger partial charge in [0.05, 0.1) is 6.04 Å². The highest BCUT2D eigenvalue weighted by Gasteiger charge is 2.44. The number of fused-ring (bicyclic) bond motifs is 1. The Kier molecular flexibility index (Phi) is 6.11. The van der Waals surface area contributed by atoms with Crippen LogP contribution in [0.4, 0.5) is 29.3 Å². The Morgan fingerprint density at radius 3 is 2.47 bits per heavy atom. The van der Waals surface area contributed by atoms with Gasteiger partial charge in [-0.1, -0.05) is 0 Å². The Morgan fingerprint density at radius 2 is 1.88 bits per heavy atom. The number of hydrogen-bond donors (Lipinski definition) is 3. The zero-order chi connectivity index (χ0) is 23.1. The molecule has 176 valence electrons. The molecule has 1 saturated heterocycles. The first-order valence-corrected chi connectivity index (χ1v) is 11.7. The number of anilines is 2. The van der Waals surface area contributed by atoms with Crippen LogP contribution in [0.25, 0.3) is 10.9 Å². The maximum atomic E-state index is 14.1. The van der Waals surface area contributed by atoms with Crippen LogP contribution >= 0.6 is 0 Å². The number of nitrogens with two attached hydrogens (primary N) is 1. The number of aromatic nitrogens is 3. The smallest absolute Gasteiger partial charge is 0.280 e. The zero-order valence-corrected chi connectivity index (χ0v) is 17.8. The number of piperidine rings is 1. The molecule has 0 unspecified atom stereocenters. The van der Waals surface area contributed by atoms with Gasteiger partial charge in [0.1, 0.15) is 11.2 Å². The number of alkyl halides is 4. The Morgan fingerprint density at radius 1 is 1.16 bits per heavy atom. The van der Waals surface area contributed by atoms with E-state index in [1.54, 1.807) is 0 Å². The first-order chi connectivity index (χ1) is 15.0. The van der Waals surface area contributed by atoms with Gasteiger partial charge in [-0.05, 0) is 31.7 Å². The van der Waals surface area contributed by atoms with Crippen molar-refractivity contribution < 1.29 is 26.0 Å². The fourth-order valence-electron chi connectivity index (χ4n) is 4.05. The van der Waals surface area contributed by atoms with Crippen molar-refractivity contribution in [2.24, 2.45) is 5.14 Å². The van der Waals surface area contributed by atoms with E-state index in [0.29, 0.717) is 19.3 Å². The van der Waals surface area contributed by atoms with Crippen LogP contribution in [0, 0.1) is 0 Å². The molecule has 4 rings (SSSR count). The molecule has 14 heteroatoms. The lowest BCUT2D eigenvalue weighted by atomic mass is 10.1. The molecule has 1 aliphatic carbocycles. The average molecular weight is 477 g/mol. The minimum absolute atomic E-state index is 0.140. The van der Waals surface area contributed by atoms with Crippen LogP contribution in [0.3, 0.4) is 0 Å². The highest BCUT2D eigenvalue weighted by molar-refractivity contribution is 7.86. The van der Waals surface area contributed by atoms with Gasteiger partial charge >= 0.3 is 0 Å². The average Bonchev–Trinajstić information content (AvgIpc) is 3.05. The summed E-state index contributed by atoms with van der Waals surface area (Å²) in [6.07, 6.45) is -0.416. The van der Waals surface area contributed by atoms with E-state index >= 15 is 0 Å². The van der Waals surface area contributed by atoms with Crippen LogP contribution in [-0.2, 0) is 10.2 Å².